The van der Waals surface area contributed by atoms with Crippen molar-refractivity contribution in [3.63, 3.8) is 0 Å². The van der Waals surface area contributed by atoms with Gasteiger partial charge in [-0.1, -0.05) is 35.0 Å². The van der Waals surface area contributed by atoms with Gasteiger partial charge in [-0.15, -0.1) is 5.10 Å². The summed E-state index contributed by atoms with van der Waals surface area (Å²) in [6.07, 6.45) is 1.51. The Labute approximate surface area is 188 Å². The van der Waals surface area contributed by atoms with E-state index in [1.54, 1.807) is 18.2 Å². The van der Waals surface area contributed by atoms with Gasteiger partial charge in [-0.3, -0.25) is 24.5 Å². The molecule has 1 aliphatic rings. The maximum atomic E-state index is 12.8. The first-order chi connectivity index (χ1) is 15.3. The Bertz CT molecular complexity index is 1300. The molecule has 3 aromatic rings. The third-order valence-electron chi connectivity index (χ3n) is 5.58. The van der Waals surface area contributed by atoms with Gasteiger partial charge in [-0.25, -0.2) is 0 Å². The molecule has 1 saturated heterocycles. The molecule has 2 aromatic carbocycles. The van der Waals surface area contributed by atoms with E-state index in [1.165, 1.54) is 0 Å². The first-order valence-electron chi connectivity index (χ1n) is 10.3. The van der Waals surface area contributed by atoms with Gasteiger partial charge in [0.15, 0.2) is 0 Å². The van der Waals surface area contributed by atoms with Crippen LogP contribution in [0.25, 0.3) is 10.9 Å². The second-order valence-corrected chi connectivity index (χ2v) is 8.36. The number of imide groups is 1. The van der Waals surface area contributed by atoms with E-state index in [1.807, 2.05) is 25.1 Å². The number of ketones is 1. The number of aromatic nitrogens is 3. The van der Waals surface area contributed by atoms with Gasteiger partial charge in [-0.05, 0) is 54.7 Å². The number of Topliss-reactive ketones (excluding diaryl/α,β-unsaturated/α-hetero) is 1. The molecule has 2 heterocycles. The first kappa shape index (κ1) is 21.8. The van der Waals surface area contributed by atoms with Crippen molar-refractivity contribution < 1.29 is 14.4 Å². The van der Waals surface area contributed by atoms with Crippen LogP contribution in [-0.4, -0.2) is 32.6 Å². The van der Waals surface area contributed by atoms with Crippen LogP contribution >= 0.6 is 11.6 Å². The van der Waals surface area contributed by atoms with E-state index in [0.717, 1.165) is 21.4 Å². The summed E-state index contributed by atoms with van der Waals surface area (Å²) in [4.78, 5) is 48.6. The SMILES string of the molecule is Cc1ccc(CC(=O)CCc2ccc3c(=O)n(C4CCC(=O)NC4=O)nnc3c2)cc1Cl. The summed E-state index contributed by atoms with van der Waals surface area (Å²) in [5.41, 5.74) is 2.67. The van der Waals surface area contributed by atoms with Crippen LogP contribution in [0, 0.1) is 6.92 Å². The second kappa shape index (κ2) is 9.00. The number of halogens is 1. The molecule has 0 bridgehead atoms. The lowest BCUT2D eigenvalue weighted by Gasteiger charge is -2.21. The van der Waals surface area contributed by atoms with Gasteiger partial charge in [-0.2, -0.15) is 4.68 Å². The lowest BCUT2D eigenvalue weighted by Crippen LogP contribution is -2.45. The molecule has 0 saturated carbocycles. The second-order valence-electron chi connectivity index (χ2n) is 7.96. The van der Waals surface area contributed by atoms with Gasteiger partial charge < -0.3 is 0 Å². The number of hydrogen-bond donors (Lipinski definition) is 1. The quantitative estimate of drug-likeness (QED) is 0.575. The summed E-state index contributed by atoms with van der Waals surface area (Å²) >= 11 is 6.13. The Morgan fingerprint density at radius 1 is 1.16 bits per heavy atom. The Hall–Kier alpha value is -3.39. The fourth-order valence-corrected chi connectivity index (χ4v) is 3.93. The average Bonchev–Trinajstić information content (AvgIpc) is 2.76. The van der Waals surface area contributed by atoms with Crippen LogP contribution in [0.2, 0.25) is 5.02 Å². The first-order valence-corrected chi connectivity index (χ1v) is 10.7. The van der Waals surface area contributed by atoms with Crippen molar-refractivity contribution in [2.24, 2.45) is 0 Å². The minimum absolute atomic E-state index is 0.0874. The van der Waals surface area contributed by atoms with Gasteiger partial charge in [0.05, 0.1) is 5.39 Å². The highest BCUT2D eigenvalue weighted by atomic mass is 35.5. The van der Waals surface area contributed by atoms with E-state index in [4.69, 9.17) is 11.6 Å². The monoisotopic (exact) mass is 452 g/mol. The summed E-state index contributed by atoms with van der Waals surface area (Å²) in [7, 11) is 0. The molecule has 32 heavy (non-hydrogen) atoms. The number of hydrogen-bond acceptors (Lipinski definition) is 6. The molecule has 0 radical (unpaired) electrons. The molecule has 9 heteroatoms. The average molecular weight is 453 g/mol. The number of piperidine rings is 1. The largest absolute Gasteiger partial charge is 0.299 e. The molecule has 1 atom stereocenters. The van der Waals surface area contributed by atoms with Crippen LogP contribution in [0.3, 0.4) is 0 Å². The molecule has 1 fully saturated rings. The molecule has 1 N–H and O–H groups in total. The van der Waals surface area contributed by atoms with Gasteiger partial charge >= 0.3 is 0 Å². The van der Waals surface area contributed by atoms with Crippen LogP contribution in [0.1, 0.15) is 42.0 Å². The molecular weight excluding hydrogens is 432 g/mol. The molecular formula is C23H21ClN4O4. The molecule has 1 unspecified atom stereocenters. The number of aryl methyl sites for hydroxylation is 2. The van der Waals surface area contributed by atoms with Gasteiger partial charge in [0, 0.05) is 24.3 Å². The van der Waals surface area contributed by atoms with Gasteiger partial charge in [0.1, 0.15) is 17.3 Å². The van der Waals surface area contributed by atoms with E-state index in [-0.39, 0.29) is 24.5 Å². The molecule has 1 aliphatic heterocycles. The smallest absolute Gasteiger partial charge is 0.278 e. The number of fused-ring (bicyclic) bond motifs is 1. The van der Waals surface area contributed by atoms with Crippen molar-refractivity contribution in [2.75, 3.05) is 0 Å². The van der Waals surface area contributed by atoms with Crippen molar-refractivity contribution in [2.45, 2.75) is 45.1 Å². The molecule has 4 rings (SSSR count). The zero-order valence-electron chi connectivity index (χ0n) is 17.4. The maximum Gasteiger partial charge on any atom is 0.278 e. The van der Waals surface area contributed by atoms with E-state index in [0.29, 0.717) is 35.2 Å². The number of nitrogens with zero attached hydrogens (tertiary/aromatic N) is 3. The number of carbonyl (C=O) groups is 3. The Morgan fingerprint density at radius 2 is 1.94 bits per heavy atom. The van der Waals surface area contributed by atoms with Gasteiger partial charge in [0.2, 0.25) is 5.91 Å². The zero-order valence-corrected chi connectivity index (χ0v) is 18.2. The minimum Gasteiger partial charge on any atom is -0.299 e. The highest BCUT2D eigenvalue weighted by Gasteiger charge is 2.30. The lowest BCUT2D eigenvalue weighted by atomic mass is 10.0. The number of rotatable bonds is 6. The fourth-order valence-electron chi connectivity index (χ4n) is 3.72. The van der Waals surface area contributed by atoms with Crippen LogP contribution in [-0.2, 0) is 27.2 Å². The number of amides is 2. The number of benzene rings is 2. The van der Waals surface area contributed by atoms with Crippen LogP contribution < -0.4 is 10.9 Å². The molecule has 0 aliphatic carbocycles. The number of nitrogens with one attached hydrogen (secondary N) is 1. The zero-order chi connectivity index (χ0) is 22.8. The third kappa shape index (κ3) is 4.60. The molecule has 1 aromatic heterocycles. The minimum atomic E-state index is -0.857. The highest BCUT2D eigenvalue weighted by Crippen LogP contribution is 2.19. The van der Waals surface area contributed by atoms with E-state index in [9.17, 15) is 19.2 Å². The maximum absolute atomic E-state index is 12.8. The predicted molar refractivity (Wildman–Crippen MR) is 118 cm³/mol. The third-order valence-corrected chi connectivity index (χ3v) is 5.99. The molecule has 2 amide bonds. The van der Waals surface area contributed by atoms with E-state index < -0.39 is 17.5 Å². The summed E-state index contributed by atoms with van der Waals surface area (Å²) in [6, 6.07) is 9.89. The fraction of sp³-hybridized carbons (Fsp3) is 0.304. The summed E-state index contributed by atoms with van der Waals surface area (Å²) in [6.45, 7) is 1.91. The van der Waals surface area contributed by atoms with Crippen molar-refractivity contribution in [1.82, 2.24) is 20.3 Å². The topological polar surface area (TPSA) is 111 Å². The number of carbonyl (C=O) groups excluding carboxylic acids is 3. The molecule has 164 valence electrons. The van der Waals surface area contributed by atoms with Crippen molar-refractivity contribution in [1.29, 1.82) is 0 Å². The lowest BCUT2D eigenvalue weighted by molar-refractivity contribution is -0.136. The summed E-state index contributed by atoms with van der Waals surface area (Å²) in [5.74, 6) is -0.830. The van der Waals surface area contributed by atoms with Crippen LogP contribution in [0.5, 0.6) is 0 Å². The Morgan fingerprint density at radius 3 is 2.69 bits per heavy atom. The van der Waals surface area contributed by atoms with Crippen molar-refractivity contribution in [3.05, 3.63) is 68.5 Å². The Balaban J connectivity index is 1.46. The summed E-state index contributed by atoms with van der Waals surface area (Å²) < 4.78 is 1.03. The van der Waals surface area contributed by atoms with Gasteiger partial charge in [0.25, 0.3) is 11.5 Å². The summed E-state index contributed by atoms with van der Waals surface area (Å²) in [5, 5.41) is 11.2. The predicted octanol–water partition coefficient (Wildman–Crippen LogP) is 2.48. The standard InChI is InChI=1S/C23H21ClN4O4/c1-13-2-3-15(11-18(13)24)10-16(29)6-4-14-5-7-17-19(12-14)26-27-28(23(17)32)20-8-9-21(30)25-22(20)31/h2-3,5,7,11-12,20H,4,6,8-10H2,1H3,(H,25,30,31). The van der Waals surface area contributed by atoms with Crippen molar-refractivity contribution in [3.8, 4) is 0 Å². The van der Waals surface area contributed by atoms with E-state index in [2.05, 4.69) is 15.6 Å². The Kier molecular flexibility index (Phi) is 6.14. The van der Waals surface area contributed by atoms with E-state index >= 15 is 0 Å². The normalized spacial score (nSPS) is 16.2. The molecule has 8 nitrogen and oxygen atoms in total. The van der Waals surface area contributed by atoms with Crippen molar-refractivity contribution >= 4 is 40.1 Å². The van der Waals surface area contributed by atoms with Crippen LogP contribution in [0.15, 0.2) is 41.2 Å². The van der Waals surface area contributed by atoms with Crippen LogP contribution in [0.4, 0.5) is 0 Å². The molecule has 0 spiro atoms. The highest BCUT2D eigenvalue weighted by molar-refractivity contribution is 6.31.